The number of nitrogens with one attached hydrogen (secondary N) is 2. The number of nitrogens with two attached hydrogens (primary N) is 1. The highest BCUT2D eigenvalue weighted by atomic mass is 16.1. The molecule has 1 amide bonds. The van der Waals surface area contributed by atoms with E-state index >= 15 is 0 Å². The predicted molar refractivity (Wildman–Crippen MR) is 168 cm³/mol. The molecule has 6 aromatic rings. The topological polar surface area (TPSA) is 89.4 Å². The molecule has 0 aliphatic carbocycles. The summed E-state index contributed by atoms with van der Waals surface area (Å²) in [5.41, 5.74) is 13.2. The minimum atomic E-state index is -0.193. The summed E-state index contributed by atoms with van der Waals surface area (Å²) in [5.74, 6) is 0.756. The van der Waals surface area contributed by atoms with Crippen molar-refractivity contribution in [2.45, 2.75) is 52.9 Å². The van der Waals surface area contributed by atoms with Gasteiger partial charge < -0.3 is 20.9 Å². The van der Waals surface area contributed by atoms with Gasteiger partial charge in [0.05, 0.1) is 0 Å². The number of aryl methyl sites for hydroxylation is 1. The minimum Gasteiger partial charge on any atom is -0.365 e. The smallest absolute Gasteiger partial charge is 0.251 e. The normalized spacial score (nSPS) is 11.9. The number of benzene rings is 3. The number of hydrogen-bond donors (Lipinski definition) is 3. The van der Waals surface area contributed by atoms with Gasteiger partial charge >= 0.3 is 0 Å². The number of carbonyl (C=O) groups is 1. The summed E-state index contributed by atoms with van der Waals surface area (Å²) >= 11 is 0. The molecule has 3 aromatic heterocycles. The Morgan fingerprint density at radius 3 is 2.46 bits per heavy atom. The second-order valence-corrected chi connectivity index (χ2v) is 11.5. The second kappa shape index (κ2) is 10.4. The molecule has 0 radical (unpaired) electrons. The lowest BCUT2D eigenvalue weighted by molar-refractivity contribution is 0.0951. The Balaban J connectivity index is 1.40. The molecule has 7 heteroatoms. The van der Waals surface area contributed by atoms with E-state index < -0.39 is 0 Å². The monoisotopic (exact) mass is 544 g/mol. The fourth-order valence-electron chi connectivity index (χ4n) is 5.55. The van der Waals surface area contributed by atoms with Gasteiger partial charge in [-0.3, -0.25) is 9.20 Å². The summed E-state index contributed by atoms with van der Waals surface area (Å²) in [4.78, 5) is 18.2. The fraction of sp³-hybridized carbons (Fsp3) is 0.235. The largest absolute Gasteiger partial charge is 0.365 e. The van der Waals surface area contributed by atoms with Crippen molar-refractivity contribution >= 4 is 39.2 Å². The molecule has 3 heterocycles. The molecule has 0 unspecified atom stereocenters. The maximum atomic E-state index is 13.1. The molecule has 7 nitrogen and oxygen atoms in total. The van der Waals surface area contributed by atoms with E-state index in [1.54, 1.807) is 0 Å². The van der Waals surface area contributed by atoms with Gasteiger partial charge in [0.15, 0.2) is 0 Å². The number of anilines is 1. The number of nitrogens with zero attached hydrogens (tertiary/aromatic N) is 3. The molecular weight excluding hydrogens is 508 g/mol. The van der Waals surface area contributed by atoms with Crippen molar-refractivity contribution in [2.24, 2.45) is 5.73 Å². The summed E-state index contributed by atoms with van der Waals surface area (Å²) in [5, 5.41) is 9.13. The summed E-state index contributed by atoms with van der Waals surface area (Å²) in [6.45, 7) is 10.4. The van der Waals surface area contributed by atoms with Gasteiger partial charge in [0, 0.05) is 64.3 Å². The van der Waals surface area contributed by atoms with Crippen molar-refractivity contribution in [3.63, 3.8) is 0 Å². The van der Waals surface area contributed by atoms with Crippen molar-refractivity contribution in [3.8, 4) is 11.3 Å². The maximum Gasteiger partial charge on any atom is 0.251 e. The summed E-state index contributed by atoms with van der Waals surface area (Å²) in [7, 11) is 0. The van der Waals surface area contributed by atoms with E-state index in [9.17, 15) is 4.79 Å². The zero-order valence-corrected chi connectivity index (χ0v) is 24.0. The fourth-order valence-corrected chi connectivity index (χ4v) is 5.55. The standard InChI is InChI=1S/C34H36N6O/c1-5-39-28-12-7-6-11-26(28)27-18-24(13-14-29(27)39)31-32(38-34(2,3)4)40-16-15-25(19-30(40)37-31)33(41)36-21-23-10-8-9-22(17-23)20-35/h6-19,38H,5,20-21,35H2,1-4H3,(H,36,41). The van der Waals surface area contributed by atoms with E-state index in [0.29, 0.717) is 24.3 Å². The van der Waals surface area contributed by atoms with Crippen molar-refractivity contribution in [1.82, 2.24) is 19.3 Å². The van der Waals surface area contributed by atoms with E-state index in [2.05, 4.69) is 85.4 Å². The molecule has 6 rings (SSSR count). The van der Waals surface area contributed by atoms with Gasteiger partial charge in [-0.25, -0.2) is 4.98 Å². The van der Waals surface area contributed by atoms with Gasteiger partial charge in [-0.15, -0.1) is 0 Å². The molecule has 0 fully saturated rings. The van der Waals surface area contributed by atoms with Crippen LogP contribution >= 0.6 is 0 Å². The molecular formula is C34H36N6O. The van der Waals surface area contributed by atoms with Crippen LogP contribution in [0.2, 0.25) is 0 Å². The lowest BCUT2D eigenvalue weighted by Gasteiger charge is -2.22. The highest BCUT2D eigenvalue weighted by Crippen LogP contribution is 2.36. The number of pyridine rings is 1. The van der Waals surface area contributed by atoms with E-state index in [1.807, 2.05) is 47.0 Å². The first-order chi connectivity index (χ1) is 19.8. The summed E-state index contributed by atoms with van der Waals surface area (Å²) < 4.78 is 4.38. The van der Waals surface area contributed by atoms with E-state index in [4.69, 9.17) is 10.7 Å². The van der Waals surface area contributed by atoms with Crippen LogP contribution in [-0.4, -0.2) is 25.4 Å². The third-order valence-corrected chi connectivity index (χ3v) is 7.42. The van der Waals surface area contributed by atoms with Crippen LogP contribution in [0.5, 0.6) is 0 Å². The molecule has 0 bridgehead atoms. The second-order valence-electron chi connectivity index (χ2n) is 11.5. The molecule has 3 aromatic carbocycles. The van der Waals surface area contributed by atoms with Gasteiger partial charge in [-0.1, -0.05) is 48.5 Å². The average molecular weight is 545 g/mol. The Morgan fingerprint density at radius 1 is 0.902 bits per heavy atom. The van der Waals surface area contributed by atoms with Crippen molar-refractivity contribution in [2.75, 3.05) is 5.32 Å². The van der Waals surface area contributed by atoms with Crippen LogP contribution < -0.4 is 16.4 Å². The van der Waals surface area contributed by atoms with Crippen molar-refractivity contribution in [1.29, 1.82) is 0 Å². The number of imidazole rings is 1. The molecule has 4 N–H and O–H groups in total. The van der Waals surface area contributed by atoms with Crippen LogP contribution in [0.25, 0.3) is 38.7 Å². The molecule has 0 saturated carbocycles. The Morgan fingerprint density at radius 2 is 1.68 bits per heavy atom. The lowest BCUT2D eigenvalue weighted by atomic mass is 10.1. The van der Waals surface area contributed by atoms with Crippen LogP contribution in [0.3, 0.4) is 0 Å². The van der Waals surface area contributed by atoms with Crippen LogP contribution in [-0.2, 0) is 19.6 Å². The predicted octanol–water partition coefficient (Wildman–Crippen LogP) is 6.73. The number of rotatable bonds is 7. The summed E-state index contributed by atoms with van der Waals surface area (Å²) in [6, 6.07) is 26.8. The third-order valence-electron chi connectivity index (χ3n) is 7.42. The molecule has 0 spiro atoms. The van der Waals surface area contributed by atoms with Crippen LogP contribution in [0, 0.1) is 0 Å². The number of aromatic nitrogens is 3. The minimum absolute atomic E-state index is 0.144. The average Bonchev–Trinajstić information content (AvgIpc) is 3.49. The first-order valence-electron chi connectivity index (χ1n) is 14.1. The molecule has 208 valence electrons. The van der Waals surface area contributed by atoms with Crippen molar-refractivity contribution < 1.29 is 4.79 Å². The number of carbonyl (C=O) groups excluding carboxylic acids is 1. The number of para-hydroxylation sites is 1. The Kier molecular flexibility index (Phi) is 6.75. The van der Waals surface area contributed by atoms with Gasteiger partial charge in [-0.05, 0) is 69.2 Å². The number of fused-ring (bicyclic) bond motifs is 4. The van der Waals surface area contributed by atoms with Crippen LogP contribution in [0.1, 0.15) is 49.2 Å². The molecule has 0 aliphatic rings. The quantitative estimate of drug-likeness (QED) is 0.208. The number of amides is 1. The molecule has 0 saturated heterocycles. The number of hydrogen-bond acceptors (Lipinski definition) is 4. The molecule has 0 atom stereocenters. The zero-order chi connectivity index (χ0) is 28.7. The van der Waals surface area contributed by atoms with E-state index in [1.165, 1.54) is 21.8 Å². The van der Waals surface area contributed by atoms with Gasteiger partial charge in [0.1, 0.15) is 17.2 Å². The third kappa shape index (κ3) is 5.05. The maximum absolute atomic E-state index is 13.1. The van der Waals surface area contributed by atoms with Gasteiger partial charge in [0.25, 0.3) is 5.91 Å². The Labute approximate surface area is 240 Å². The Bertz CT molecular complexity index is 1910. The van der Waals surface area contributed by atoms with E-state index in [-0.39, 0.29) is 11.4 Å². The summed E-state index contributed by atoms with van der Waals surface area (Å²) in [6.07, 6.45) is 1.92. The first kappa shape index (κ1) is 26.6. The first-order valence-corrected chi connectivity index (χ1v) is 14.1. The van der Waals surface area contributed by atoms with Crippen LogP contribution in [0.15, 0.2) is 85.1 Å². The zero-order valence-electron chi connectivity index (χ0n) is 24.0. The lowest BCUT2D eigenvalue weighted by Crippen LogP contribution is -2.27. The van der Waals surface area contributed by atoms with E-state index in [0.717, 1.165) is 34.7 Å². The SMILES string of the molecule is CCn1c2ccccc2c2cc(-c3nc4cc(C(=O)NCc5cccc(CN)c5)ccn4c3NC(C)(C)C)ccc21. The van der Waals surface area contributed by atoms with Crippen molar-refractivity contribution in [3.05, 3.63) is 102 Å². The van der Waals surface area contributed by atoms with Crippen LogP contribution in [0.4, 0.5) is 5.82 Å². The van der Waals surface area contributed by atoms with Gasteiger partial charge in [-0.2, -0.15) is 0 Å². The Hall–Kier alpha value is -4.62. The highest BCUT2D eigenvalue weighted by Gasteiger charge is 2.21. The van der Waals surface area contributed by atoms with Gasteiger partial charge in [0.2, 0.25) is 0 Å². The molecule has 41 heavy (non-hydrogen) atoms. The molecule has 0 aliphatic heterocycles. The highest BCUT2D eigenvalue weighted by molar-refractivity contribution is 6.09.